The summed E-state index contributed by atoms with van der Waals surface area (Å²) in [6.07, 6.45) is 0.979. The van der Waals surface area contributed by atoms with E-state index in [2.05, 4.69) is 4.52 Å². The summed E-state index contributed by atoms with van der Waals surface area (Å²) >= 11 is 0. The van der Waals surface area contributed by atoms with Gasteiger partial charge in [-0.1, -0.05) is 0 Å². The Morgan fingerprint density at radius 2 is 2.22 bits per heavy atom. The molecule has 0 aliphatic rings. The summed E-state index contributed by atoms with van der Waals surface area (Å²) in [6.45, 7) is 1.43. The van der Waals surface area contributed by atoms with Crippen molar-refractivity contribution in [3.8, 4) is 6.26 Å². The minimum atomic E-state index is -4.49. The topological polar surface area (TPSA) is 99.5 Å². The second-order valence-electron chi connectivity index (χ2n) is 1.68. The van der Waals surface area contributed by atoms with Gasteiger partial charge in [0.25, 0.3) is 0 Å². The molecule has 0 aromatic carbocycles. The first-order chi connectivity index (χ1) is 3.89. The fourth-order valence-corrected chi connectivity index (χ4v) is 0.461. The molecule has 54 valence electrons. The summed E-state index contributed by atoms with van der Waals surface area (Å²) in [5.74, 6) is 0. The molecule has 0 saturated carbocycles. The van der Waals surface area contributed by atoms with Gasteiger partial charge in [-0.05, 0) is 0 Å². The summed E-state index contributed by atoms with van der Waals surface area (Å²) in [7, 11) is -4.49. The Bertz CT molecular complexity index is 143. The van der Waals surface area contributed by atoms with Crippen LogP contribution in [0.15, 0.2) is 0 Å². The molecule has 5 nitrogen and oxygen atoms in total. The number of nitriles is 1. The molecule has 4 N–H and O–H groups in total. The predicted molar refractivity (Wildman–Crippen MR) is 32.8 cm³/mol. The van der Waals surface area contributed by atoms with Gasteiger partial charge in [0, 0.05) is 0 Å². The molecule has 0 aromatic heterocycles. The quantitative estimate of drug-likeness (QED) is 0.371. The molecular weight excluding hydrogens is 143 g/mol. The second kappa shape index (κ2) is 2.09. The van der Waals surface area contributed by atoms with Gasteiger partial charge in [-0.25, -0.2) is 0 Å². The van der Waals surface area contributed by atoms with E-state index in [0.717, 1.165) is 6.26 Å². The zero-order chi connectivity index (χ0) is 7.57. The van der Waals surface area contributed by atoms with Crippen molar-refractivity contribution in [3.05, 3.63) is 0 Å². The predicted octanol–water partition coefficient (Wildman–Crippen LogP) is -0.339. The van der Waals surface area contributed by atoms with Crippen molar-refractivity contribution in [1.82, 2.24) is 0 Å². The zero-order valence-corrected chi connectivity index (χ0v) is 5.88. The second-order valence-corrected chi connectivity index (χ2v) is 4.86. The third-order valence-corrected chi connectivity index (χ3v) is 2.50. The van der Waals surface area contributed by atoms with E-state index in [1.54, 1.807) is 0 Å². The van der Waals surface area contributed by atoms with Crippen molar-refractivity contribution in [2.75, 3.05) is 6.16 Å². The van der Waals surface area contributed by atoms with Gasteiger partial charge in [0.2, 0.25) is 0 Å². The first kappa shape index (κ1) is 8.60. The van der Waals surface area contributed by atoms with Crippen molar-refractivity contribution in [2.24, 2.45) is 5.50 Å². The summed E-state index contributed by atoms with van der Waals surface area (Å²) in [4.78, 5) is 17.6. The molecule has 0 saturated heterocycles. The monoisotopic (exact) mass is 152 g/mol. The van der Waals surface area contributed by atoms with Crippen LogP contribution in [0.2, 0.25) is 0 Å². The first-order valence-electron chi connectivity index (χ1n) is 2.29. The van der Waals surface area contributed by atoms with Gasteiger partial charge in [-0.15, -0.1) is 0 Å². The Morgan fingerprint density at radius 1 is 1.78 bits per heavy atom. The van der Waals surface area contributed by atoms with Gasteiger partial charge in [0.05, 0.1) is 0 Å². The number of hydrogen-bond donors (Lipinski definition) is 3. The molecule has 0 radical (unpaired) electrons. The number of nitrogens with zero attached hydrogens (tertiary/aromatic N) is 1. The standard InChI is InChI=1S/C3H9N2O3P/c1-2-9(5,6,7)8-3-4/h6-7H,2,5H2,1H3. The van der Waals surface area contributed by atoms with Crippen molar-refractivity contribution >= 4 is 7.43 Å². The third kappa shape index (κ3) is 3.22. The van der Waals surface area contributed by atoms with Crippen LogP contribution in [0.25, 0.3) is 0 Å². The van der Waals surface area contributed by atoms with Gasteiger partial charge in [-0.3, -0.25) is 0 Å². The first-order valence-corrected chi connectivity index (χ1v) is 4.61. The van der Waals surface area contributed by atoms with Crippen LogP contribution in [-0.2, 0) is 4.52 Å². The molecule has 0 atom stereocenters. The normalized spacial score (nSPS) is 15.2. The molecule has 0 bridgehead atoms. The fraction of sp³-hybridized carbons (Fsp3) is 0.667. The summed E-state index contributed by atoms with van der Waals surface area (Å²) < 4.78 is 3.89. The molecule has 0 amide bonds. The molecule has 0 unspecified atom stereocenters. The van der Waals surface area contributed by atoms with Crippen molar-refractivity contribution in [2.45, 2.75) is 6.92 Å². The van der Waals surface area contributed by atoms with Crippen LogP contribution >= 0.6 is 7.43 Å². The molecule has 0 aliphatic heterocycles. The van der Waals surface area contributed by atoms with Crippen molar-refractivity contribution < 1.29 is 14.3 Å². The van der Waals surface area contributed by atoms with Crippen LogP contribution in [0.3, 0.4) is 0 Å². The summed E-state index contributed by atoms with van der Waals surface area (Å²) in [5.41, 5.74) is 4.87. The van der Waals surface area contributed by atoms with Gasteiger partial charge >= 0.3 is 51.9 Å². The minimum absolute atomic E-state index is 0.154. The van der Waals surface area contributed by atoms with E-state index in [1.807, 2.05) is 0 Å². The average molecular weight is 152 g/mol. The molecule has 0 aromatic rings. The fourth-order valence-electron chi connectivity index (χ4n) is 0.154. The maximum absolute atomic E-state index is 8.81. The van der Waals surface area contributed by atoms with Crippen molar-refractivity contribution in [1.29, 1.82) is 5.26 Å². The zero-order valence-electron chi connectivity index (χ0n) is 4.98. The van der Waals surface area contributed by atoms with Gasteiger partial charge < -0.3 is 0 Å². The van der Waals surface area contributed by atoms with Crippen LogP contribution in [0.1, 0.15) is 6.92 Å². The maximum atomic E-state index is 8.81. The Balaban J connectivity index is 4.16. The molecule has 6 heteroatoms. The molecule has 0 aliphatic carbocycles. The Kier molecular flexibility index (Phi) is 1.99. The third-order valence-electron chi connectivity index (χ3n) is 0.834. The Labute approximate surface area is 52.9 Å². The number of nitrogens with two attached hydrogens (primary N) is 1. The molecule has 0 spiro atoms. The summed E-state index contributed by atoms with van der Waals surface area (Å²) in [5, 5.41) is 7.86. The number of rotatable bonds is 2. The van der Waals surface area contributed by atoms with E-state index in [9.17, 15) is 0 Å². The van der Waals surface area contributed by atoms with E-state index >= 15 is 0 Å². The molecule has 0 heterocycles. The van der Waals surface area contributed by atoms with Crippen LogP contribution in [0.5, 0.6) is 0 Å². The molecule has 9 heavy (non-hydrogen) atoms. The molecule has 0 fully saturated rings. The van der Waals surface area contributed by atoms with E-state index < -0.39 is 7.43 Å². The molecular formula is C3H9N2O3P. The van der Waals surface area contributed by atoms with E-state index in [0.29, 0.717) is 0 Å². The van der Waals surface area contributed by atoms with E-state index in [4.69, 9.17) is 20.6 Å². The van der Waals surface area contributed by atoms with Crippen molar-refractivity contribution in [3.63, 3.8) is 0 Å². The Morgan fingerprint density at radius 3 is 2.33 bits per heavy atom. The van der Waals surface area contributed by atoms with Crippen LogP contribution < -0.4 is 5.50 Å². The molecule has 0 rings (SSSR count). The number of hydrogen-bond acceptors (Lipinski definition) is 5. The van der Waals surface area contributed by atoms with Crippen LogP contribution in [0.4, 0.5) is 0 Å². The van der Waals surface area contributed by atoms with Gasteiger partial charge in [0.15, 0.2) is 0 Å². The average Bonchev–Trinajstić information content (AvgIpc) is 1.66. The Hall–Kier alpha value is -0.400. The van der Waals surface area contributed by atoms with E-state index in [1.165, 1.54) is 6.92 Å². The summed E-state index contributed by atoms with van der Waals surface area (Å²) in [6, 6.07) is 0. The SMILES string of the molecule is CCP(N)(O)(O)OC#N. The van der Waals surface area contributed by atoms with E-state index in [-0.39, 0.29) is 6.16 Å². The van der Waals surface area contributed by atoms with Gasteiger partial charge in [-0.2, -0.15) is 0 Å². The van der Waals surface area contributed by atoms with Crippen LogP contribution in [0, 0.1) is 11.5 Å². The van der Waals surface area contributed by atoms with Gasteiger partial charge in [0.1, 0.15) is 0 Å². The van der Waals surface area contributed by atoms with Crippen LogP contribution in [-0.4, -0.2) is 15.9 Å².